The van der Waals surface area contributed by atoms with E-state index in [0.717, 1.165) is 12.8 Å². The van der Waals surface area contributed by atoms with Gasteiger partial charge < -0.3 is 15.0 Å². The number of aromatic amines is 1. The van der Waals surface area contributed by atoms with Gasteiger partial charge in [0.15, 0.2) is 6.61 Å². The van der Waals surface area contributed by atoms with Crippen LogP contribution in [-0.4, -0.2) is 29.5 Å². The highest BCUT2D eigenvalue weighted by molar-refractivity contribution is 5.94. The smallest absolute Gasteiger partial charge is 0.355 e. The Labute approximate surface area is 132 Å². The zero-order chi connectivity index (χ0) is 16.4. The minimum Gasteiger partial charge on any atom is -0.451 e. The van der Waals surface area contributed by atoms with Crippen molar-refractivity contribution < 1.29 is 14.3 Å². The Kier molecular flexibility index (Phi) is 4.14. The molecule has 2 aromatic rings. The van der Waals surface area contributed by atoms with E-state index in [4.69, 9.17) is 4.74 Å². The molecule has 0 bridgehead atoms. The number of H-pyrrole nitrogens is 1. The normalized spacial score (nSPS) is 15.2. The summed E-state index contributed by atoms with van der Waals surface area (Å²) in [6.45, 7) is 1.59. The number of hydrogen-bond acceptors (Lipinski definition) is 4. The summed E-state index contributed by atoms with van der Waals surface area (Å²) in [6.07, 6.45) is 2.25. The maximum absolute atomic E-state index is 12.0. The van der Waals surface area contributed by atoms with Crippen molar-refractivity contribution in [3.63, 3.8) is 0 Å². The molecule has 1 aromatic heterocycles. The molecule has 1 saturated carbocycles. The minimum atomic E-state index is -0.720. The first-order valence-corrected chi connectivity index (χ1v) is 7.63. The van der Waals surface area contributed by atoms with Crippen molar-refractivity contribution in [2.75, 3.05) is 6.61 Å². The maximum Gasteiger partial charge on any atom is 0.355 e. The van der Waals surface area contributed by atoms with E-state index in [9.17, 15) is 14.4 Å². The van der Waals surface area contributed by atoms with Crippen LogP contribution in [0.1, 0.15) is 30.3 Å². The SMILES string of the molecule is C[C@@H](NC(=O)COC(=O)c1cc2ccccc2c(=O)[nH]1)C1CC1. The van der Waals surface area contributed by atoms with Crippen LogP contribution in [0.3, 0.4) is 0 Å². The van der Waals surface area contributed by atoms with Crippen molar-refractivity contribution in [1.29, 1.82) is 0 Å². The summed E-state index contributed by atoms with van der Waals surface area (Å²) in [7, 11) is 0. The third-order valence-corrected chi connectivity index (χ3v) is 4.03. The summed E-state index contributed by atoms with van der Waals surface area (Å²) in [5.74, 6) is -0.519. The molecule has 2 N–H and O–H groups in total. The first-order valence-electron chi connectivity index (χ1n) is 7.63. The van der Waals surface area contributed by atoms with E-state index in [1.807, 2.05) is 6.92 Å². The van der Waals surface area contributed by atoms with Crippen molar-refractivity contribution in [2.24, 2.45) is 5.92 Å². The standard InChI is InChI=1S/C17H18N2O4/c1-10(11-6-7-11)18-15(20)9-23-17(22)14-8-12-4-2-3-5-13(12)16(21)19-14/h2-5,8,10-11H,6-7,9H2,1H3,(H,18,20)(H,19,21)/t10-/m1/s1. The van der Waals surface area contributed by atoms with Crippen LogP contribution in [0.5, 0.6) is 0 Å². The fraction of sp³-hybridized carbons (Fsp3) is 0.353. The number of ether oxygens (including phenoxy) is 1. The Morgan fingerprint density at radius 1 is 1.35 bits per heavy atom. The lowest BCUT2D eigenvalue weighted by atomic mass is 10.1. The molecule has 1 fully saturated rings. The number of carbonyl (C=O) groups is 2. The number of carbonyl (C=O) groups excluding carboxylic acids is 2. The van der Waals surface area contributed by atoms with Gasteiger partial charge in [-0.05, 0) is 43.2 Å². The number of benzene rings is 1. The molecule has 1 amide bonds. The van der Waals surface area contributed by atoms with E-state index < -0.39 is 5.97 Å². The van der Waals surface area contributed by atoms with Gasteiger partial charge >= 0.3 is 5.97 Å². The number of esters is 1. The molecule has 1 aromatic carbocycles. The Morgan fingerprint density at radius 3 is 2.83 bits per heavy atom. The van der Waals surface area contributed by atoms with E-state index in [2.05, 4.69) is 10.3 Å². The molecule has 0 spiro atoms. The first kappa shape index (κ1) is 15.3. The fourth-order valence-corrected chi connectivity index (χ4v) is 2.54. The highest BCUT2D eigenvalue weighted by Gasteiger charge is 2.29. The summed E-state index contributed by atoms with van der Waals surface area (Å²) in [5, 5.41) is 3.95. The van der Waals surface area contributed by atoms with Gasteiger partial charge in [-0.2, -0.15) is 0 Å². The van der Waals surface area contributed by atoms with Gasteiger partial charge in [0.25, 0.3) is 11.5 Å². The average molecular weight is 314 g/mol. The number of aromatic nitrogens is 1. The molecule has 0 unspecified atom stereocenters. The van der Waals surface area contributed by atoms with Crippen LogP contribution in [0.4, 0.5) is 0 Å². The lowest BCUT2D eigenvalue weighted by molar-refractivity contribution is -0.125. The van der Waals surface area contributed by atoms with Crippen LogP contribution in [-0.2, 0) is 9.53 Å². The third kappa shape index (κ3) is 3.59. The van der Waals surface area contributed by atoms with Crippen molar-refractivity contribution >= 4 is 22.6 Å². The van der Waals surface area contributed by atoms with Gasteiger partial charge in [0.2, 0.25) is 0 Å². The Hall–Kier alpha value is -2.63. The molecular weight excluding hydrogens is 296 g/mol. The number of fused-ring (bicyclic) bond motifs is 1. The van der Waals surface area contributed by atoms with E-state index in [-0.39, 0.29) is 29.8 Å². The van der Waals surface area contributed by atoms with E-state index in [1.54, 1.807) is 30.3 Å². The van der Waals surface area contributed by atoms with Crippen molar-refractivity contribution in [3.05, 3.63) is 46.4 Å². The number of rotatable bonds is 5. The molecule has 23 heavy (non-hydrogen) atoms. The summed E-state index contributed by atoms with van der Waals surface area (Å²) >= 11 is 0. The van der Waals surface area contributed by atoms with Crippen molar-refractivity contribution in [3.8, 4) is 0 Å². The Bertz CT molecular complexity index is 808. The predicted octanol–water partition coefficient (Wildman–Crippen LogP) is 1.60. The highest BCUT2D eigenvalue weighted by Crippen LogP contribution is 2.32. The van der Waals surface area contributed by atoms with Gasteiger partial charge in [-0.15, -0.1) is 0 Å². The monoisotopic (exact) mass is 314 g/mol. The van der Waals surface area contributed by atoms with Gasteiger partial charge in [-0.1, -0.05) is 18.2 Å². The zero-order valence-corrected chi connectivity index (χ0v) is 12.8. The second-order valence-electron chi connectivity index (χ2n) is 5.87. The lowest BCUT2D eigenvalue weighted by Crippen LogP contribution is -2.37. The van der Waals surface area contributed by atoms with Crippen LogP contribution in [0, 0.1) is 5.92 Å². The number of nitrogens with one attached hydrogen (secondary N) is 2. The summed E-state index contributed by atoms with van der Waals surface area (Å²) < 4.78 is 4.97. The van der Waals surface area contributed by atoms with Gasteiger partial charge in [0.05, 0.1) is 0 Å². The topological polar surface area (TPSA) is 88.3 Å². The van der Waals surface area contributed by atoms with Crippen molar-refractivity contribution in [1.82, 2.24) is 10.3 Å². The Balaban J connectivity index is 1.64. The number of hydrogen-bond donors (Lipinski definition) is 2. The molecule has 3 rings (SSSR count). The molecule has 0 aliphatic heterocycles. The van der Waals surface area contributed by atoms with E-state index >= 15 is 0 Å². The van der Waals surface area contributed by atoms with Gasteiger partial charge in [0, 0.05) is 11.4 Å². The summed E-state index contributed by atoms with van der Waals surface area (Å²) in [5.41, 5.74) is -0.321. The summed E-state index contributed by atoms with van der Waals surface area (Å²) in [6, 6.07) is 8.59. The lowest BCUT2D eigenvalue weighted by Gasteiger charge is -2.12. The second-order valence-corrected chi connectivity index (χ2v) is 5.87. The van der Waals surface area contributed by atoms with E-state index in [0.29, 0.717) is 16.7 Å². The van der Waals surface area contributed by atoms with Gasteiger partial charge in [0.1, 0.15) is 5.69 Å². The predicted molar refractivity (Wildman–Crippen MR) is 85.2 cm³/mol. The molecule has 120 valence electrons. The quantitative estimate of drug-likeness (QED) is 0.821. The molecular formula is C17H18N2O4. The highest BCUT2D eigenvalue weighted by atomic mass is 16.5. The van der Waals surface area contributed by atoms with Crippen LogP contribution >= 0.6 is 0 Å². The average Bonchev–Trinajstić information content (AvgIpc) is 3.37. The van der Waals surface area contributed by atoms with Crippen LogP contribution in [0.2, 0.25) is 0 Å². The maximum atomic E-state index is 12.0. The molecule has 1 atom stereocenters. The minimum absolute atomic E-state index is 0.0386. The molecule has 1 heterocycles. The summed E-state index contributed by atoms with van der Waals surface area (Å²) in [4.78, 5) is 38.2. The Morgan fingerprint density at radius 2 is 2.09 bits per heavy atom. The molecule has 6 heteroatoms. The second kappa shape index (κ2) is 6.24. The molecule has 1 aliphatic carbocycles. The third-order valence-electron chi connectivity index (χ3n) is 4.03. The van der Waals surface area contributed by atoms with E-state index in [1.165, 1.54) is 0 Å². The molecule has 6 nitrogen and oxygen atoms in total. The van der Waals surface area contributed by atoms with Crippen LogP contribution in [0.25, 0.3) is 10.8 Å². The van der Waals surface area contributed by atoms with Gasteiger partial charge in [-0.25, -0.2) is 4.79 Å². The number of pyridine rings is 1. The molecule has 0 radical (unpaired) electrons. The van der Waals surface area contributed by atoms with Gasteiger partial charge in [-0.3, -0.25) is 9.59 Å². The van der Waals surface area contributed by atoms with Crippen molar-refractivity contribution in [2.45, 2.75) is 25.8 Å². The first-order chi connectivity index (χ1) is 11.0. The molecule has 0 saturated heterocycles. The van der Waals surface area contributed by atoms with Crippen LogP contribution in [0.15, 0.2) is 35.1 Å². The zero-order valence-electron chi connectivity index (χ0n) is 12.8. The fourth-order valence-electron chi connectivity index (χ4n) is 2.54. The van der Waals surface area contributed by atoms with Crippen LogP contribution < -0.4 is 10.9 Å². The molecule has 1 aliphatic rings. The largest absolute Gasteiger partial charge is 0.451 e. The number of amides is 1.